The molecular formula is C43H77NO5. The highest BCUT2D eigenvalue weighted by molar-refractivity contribution is 5.76. The average Bonchev–Trinajstić information content (AvgIpc) is 3.06. The van der Waals surface area contributed by atoms with Gasteiger partial charge in [0, 0.05) is 12.3 Å². The van der Waals surface area contributed by atoms with Crippen LogP contribution in [0.1, 0.15) is 183 Å². The van der Waals surface area contributed by atoms with Crippen molar-refractivity contribution in [3.63, 3.8) is 0 Å². The second kappa shape index (κ2) is 24.5. The Morgan fingerprint density at radius 1 is 0.878 bits per heavy atom. The molecule has 0 saturated carbocycles. The molecule has 1 saturated heterocycles. The molecule has 0 amide bonds. The van der Waals surface area contributed by atoms with Crippen molar-refractivity contribution in [3.05, 3.63) is 23.8 Å². The van der Waals surface area contributed by atoms with Crippen LogP contribution in [0.3, 0.4) is 0 Å². The summed E-state index contributed by atoms with van der Waals surface area (Å²) in [7, 11) is 0. The number of hydrogen-bond donors (Lipinski definition) is 2. The summed E-state index contributed by atoms with van der Waals surface area (Å²) in [6.45, 7) is 13.5. The number of carbonyl (C=O) groups excluding carboxylic acids is 2. The molecule has 3 rings (SSSR count). The highest BCUT2D eigenvalue weighted by Gasteiger charge is 2.43. The van der Waals surface area contributed by atoms with Crippen LogP contribution in [0.5, 0.6) is 0 Å². The average molecular weight is 688 g/mol. The maximum absolute atomic E-state index is 12.9. The SMILES string of the molecule is CCC(C)(C)C(=O)O[C@@H]1C[C@H](C)C=C2C=C[C@@H](C)[C@@H](CC[C@@H]3C[C@H](O)CC(=O)O3)[C@@H]21.CCCCCCCCCCCCCCCCCCN. The van der Waals surface area contributed by atoms with Crippen molar-refractivity contribution in [2.24, 2.45) is 34.8 Å². The fourth-order valence-electron chi connectivity index (χ4n) is 7.77. The number of esters is 2. The number of fused-ring (bicyclic) bond motifs is 1. The lowest BCUT2D eigenvalue weighted by molar-refractivity contribution is -0.166. The molecule has 0 spiro atoms. The molecule has 0 bridgehead atoms. The van der Waals surface area contributed by atoms with Crippen molar-refractivity contribution in [2.75, 3.05) is 6.54 Å². The number of rotatable bonds is 22. The van der Waals surface area contributed by atoms with Gasteiger partial charge in [0.25, 0.3) is 0 Å². The lowest BCUT2D eigenvalue weighted by Crippen LogP contribution is -2.43. The minimum atomic E-state index is -0.601. The van der Waals surface area contributed by atoms with Crippen LogP contribution in [0.2, 0.25) is 0 Å². The summed E-state index contributed by atoms with van der Waals surface area (Å²) < 4.78 is 11.6. The van der Waals surface area contributed by atoms with Gasteiger partial charge in [-0.2, -0.15) is 0 Å². The first-order valence-electron chi connectivity index (χ1n) is 20.7. The first kappa shape index (κ1) is 43.5. The van der Waals surface area contributed by atoms with E-state index in [1.807, 2.05) is 20.8 Å². The van der Waals surface area contributed by atoms with Crippen molar-refractivity contribution in [3.8, 4) is 0 Å². The molecule has 3 aliphatic rings. The van der Waals surface area contributed by atoms with Gasteiger partial charge in [0.05, 0.1) is 17.9 Å². The molecule has 7 atom stereocenters. The first-order chi connectivity index (χ1) is 23.5. The van der Waals surface area contributed by atoms with E-state index in [1.54, 1.807) is 0 Å². The number of cyclic esters (lactones) is 1. The number of aliphatic hydroxyl groups is 1. The lowest BCUT2D eigenvalue weighted by Gasteiger charge is -2.44. The molecule has 3 N–H and O–H groups in total. The van der Waals surface area contributed by atoms with Crippen LogP contribution >= 0.6 is 0 Å². The normalized spacial score (nSPS) is 26.7. The minimum absolute atomic E-state index is 0.0949. The maximum atomic E-state index is 12.9. The summed E-state index contributed by atoms with van der Waals surface area (Å²) in [4.78, 5) is 24.6. The zero-order valence-electron chi connectivity index (χ0n) is 32.7. The summed E-state index contributed by atoms with van der Waals surface area (Å²) in [5, 5.41) is 9.92. The monoisotopic (exact) mass is 688 g/mol. The largest absolute Gasteiger partial charge is 0.462 e. The maximum Gasteiger partial charge on any atom is 0.311 e. The summed E-state index contributed by atoms with van der Waals surface area (Å²) in [5.41, 5.74) is 6.27. The van der Waals surface area contributed by atoms with Gasteiger partial charge in [-0.1, -0.05) is 142 Å². The van der Waals surface area contributed by atoms with E-state index in [-0.39, 0.29) is 36.5 Å². The van der Waals surface area contributed by atoms with Crippen molar-refractivity contribution < 1.29 is 24.2 Å². The van der Waals surface area contributed by atoms with Crippen molar-refractivity contribution >= 4 is 11.9 Å². The third-order valence-corrected chi connectivity index (χ3v) is 11.4. The number of unbranched alkanes of at least 4 members (excludes halogenated alkanes) is 15. The van der Waals surface area contributed by atoms with Crippen LogP contribution in [-0.2, 0) is 19.1 Å². The molecule has 0 radical (unpaired) electrons. The van der Waals surface area contributed by atoms with E-state index in [0.717, 1.165) is 32.2 Å². The summed E-state index contributed by atoms with van der Waals surface area (Å²) in [5.74, 6) is 0.776. The molecule has 2 aliphatic carbocycles. The second-order valence-electron chi connectivity index (χ2n) is 16.3. The van der Waals surface area contributed by atoms with Gasteiger partial charge in [0.1, 0.15) is 12.2 Å². The highest BCUT2D eigenvalue weighted by atomic mass is 16.6. The van der Waals surface area contributed by atoms with Crippen LogP contribution in [0.25, 0.3) is 0 Å². The Balaban J connectivity index is 0.000000381. The zero-order valence-corrected chi connectivity index (χ0v) is 32.7. The molecular weight excluding hydrogens is 610 g/mol. The quantitative estimate of drug-likeness (QED) is 0.0868. The predicted octanol–water partition coefficient (Wildman–Crippen LogP) is 10.8. The van der Waals surface area contributed by atoms with E-state index < -0.39 is 11.5 Å². The number of allylic oxidation sites excluding steroid dienone is 3. The third-order valence-electron chi connectivity index (χ3n) is 11.4. The van der Waals surface area contributed by atoms with Crippen LogP contribution < -0.4 is 5.73 Å². The van der Waals surface area contributed by atoms with Crippen LogP contribution in [0, 0.1) is 29.1 Å². The first-order valence-corrected chi connectivity index (χ1v) is 20.7. The Morgan fingerprint density at radius 3 is 1.94 bits per heavy atom. The Morgan fingerprint density at radius 2 is 1.43 bits per heavy atom. The molecule has 284 valence electrons. The van der Waals surface area contributed by atoms with E-state index >= 15 is 0 Å². The molecule has 1 aliphatic heterocycles. The van der Waals surface area contributed by atoms with E-state index in [4.69, 9.17) is 15.2 Å². The van der Waals surface area contributed by atoms with E-state index in [1.165, 1.54) is 108 Å². The Hall–Kier alpha value is -1.66. The van der Waals surface area contributed by atoms with Crippen LogP contribution in [-0.4, -0.2) is 41.9 Å². The number of aliphatic hydroxyl groups excluding tert-OH is 1. The fourth-order valence-corrected chi connectivity index (χ4v) is 7.77. The third kappa shape index (κ3) is 16.9. The van der Waals surface area contributed by atoms with E-state index in [2.05, 4.69) is 39.0 Å². The molecule has 0 aromatic heterocycles. The Kier molecular flexibility index (Phi) is 21.8. The van der Waals surface area contributed by atoms with Crippen LogP contribution in [0.4, 0.5) is 0 Å². The summed E-state index contributed by atoms with van der Waals surface area (Å²) in [6, 6.07) is 0. The molecule has 49 heavy (non-hydrogen) atoms. The molecule has 0 aromatic carbocycles. The standard InChI is InChI=1S/C25H38O5.C18H39N/c1-6-25(4,5)24(28)30-21-12-15(2)11-17-8-7-16(3)20(23(17)21)10-9-19-13-18(26)14-22(27)29-19;1-2-3-4-5-6-7-8-9-10-11-12-13-14-15-16-17-18-19/h7-8,11,15-16,18-21,23,26H,6,9-10,12-14H2,1-5H3;2-19H2,1H3/t15-,16-,18+,19-,20-,21-,23-;/m1./s1. The number of hydrogen-bond acceptors (Lipinski definition) is 6. The highest BCUT2D eigenvalue weighted by Crippen LogP contribution is 2.45. The molecule has 1 heterocycles. The minimum Gasteiger partial charge on any atom is -0.462 e. The topological polar surface area (TPSA) is 98.8 Å². The van der Waals surface area contributed by atoms with Gasteiger partial charge >= 0.3 is 11.9 Å². The van der Waals surface area contributed by atoms with Gasteiger partial charge in [-0.05, 0) is 75.8 Å². The van der Waals surface area contributed by atoms with Crippen molar-refractivity contribution in [2.45, 2.75) is 201 Å². The van der Waals surface area contributed by atoms with Crippen LogP contribution in [0.15, 0.2) is 23.8 Å². The Labute approximate surface area is 301 Å². The number of ether oxygens (including phenoxy) is 2. The predicted molar refractivity (Wildman–Crippen MR) is 204 cm³/mol. The van der Waals surface area contributed by atoms with E-state index in [0.29, 0.717) is 24.2 Å². The van der Waals surface area contributed by atoms with Crippen molar-refractivity contribution in [1.82, 2.24) is 0 Å². The van der Waals surface area contributed by atoms with Crippen molar-refractivity contribution in [1.29, 1.82) is 0 Å². The van der Waals surface area contributed by atoms with Gasteiger partial charge in [0.2, 0.25) is 0 Å². The van der Waals surface area contributed by atoms with Gasteiger partial charge < -0.3 is 20.3 Å². The van der Waals surface area contributed by atoms with E-state index in [9.17, 15) is 14.7 Å². The summed E-state index contributed by atoms with van der Waals surface area (Å²) >= 11 is 0. The molecule has 0 aromatic rings. The molecule has 0 unspecified atom stereocenters. The fraction of sp³-hybridized carbons (Fsp3) is 0.860. The molecule has 6 nitrogen and oxygen atoms in total. The number of carbonyl (C=O) groups is 2. The summed E-state index contributed by atoms with van der Waals surface area (Å²) in [6.07, 6.45) is 32.5. The van der Waals surface area contributed by atoms with Gasteiger partial charge in [-0.3, -0.25) is 9.59 Å². The van der Waals surface area contributed by atoms with Gasteiger partial charge in [-0.25, -0.2) is 0 Å². The number of nitrogens with two attached hydrogens (primary N) is 1. The molecule has 1 fully saturated rings. The Bertz CT molecular complexity index is 957. The second-order valence-corrected chi connectivity index (χ2v) is 16.3. The zero-order chi connectivity index (χ0) is 36.1. The lowest BCUT2D eigenvalue weighted by atomic mass is 9.65. The molecule has 6 heteroatoms. The van der Waals surface area contributed by atoms with Gasteiger partial charge in [0.15, 0.2) is 0 Å². The smallest absolute Gasteiger partial charge is 0.311 e. The van der Waals surface area contributed by atoms with Gasteiger partial charge in [-0.15, -0.1) is 0 Å².